The van der Waals surface area contributed by atoms with Gasteiger partial charge in [0.05, 0.1) is 28.6 Å². The van der Waals surface area contributed by atoms with E-state index in [1.54, 1.807) is 49.6 Å². The van der Waals surface area contributed by atoms with Gasteiger partial charge in [-0.1, -0.05) is 17.7 Å². The molecule has 0 aliphatic rings. The molecule has 0 aliphatic carbocycles. The molecule has 0 saturated heterocycles. The van der Waals surface area contributed by atoms with Gasteiger partial charge in [0, 0.05) is 17.5 Å². The molecule has 0 spiro atoms. The summed E-state index contributed by atoms with van der Waals surface area (Å²) >= 11 is 7.26. The monoisotopic (exact) mass is 450 g/mol. The lowest BCUT2D eigenvalue weighted by Gasteiger charge is -2.20. The predicted octanol–water partition coefficient (Wildman–Crippen LogP) is 4.17. The molecule has 1 amide bonds. The zero-order chi connectivity index (χ0) is 21.0. The van der Waals surface area contributed by atoms with E-state index in [9.17, 15) is 13.2 Å². The fraction of sp³-hybridized carbons (Fsp3) is 0.150. The first kappa shape index (κ1) is 21.2. The Morgan fingerprint density at radius 3 is 2.48 bits per heavy atom. The Kier molecular flexibility index (Phi) is 6.46. The van der Waals surface area contributed by atoms with Crippen LogP contribution < -0.4 is 14.4 Å². The first-order valence-corrected chi connectivity index (χ1v) is 11.2. The molecule has 0 unspecified atom stereocenters. The zero-order valence-corrected chi connectivity index (χ0v) is 18.1. The maximum absolute atomic E-state index is 13.0. The van der Waals surface area contributed by atoms with E-state index in [0.29, 0.717) is 22.3 Å². The van der Waals surface area contributed by atoms with Crippen molar-refractivity contribution in [3.05, 3.63) is 75.4 Å². The molecule has 1 N–H and O–H groups in total. The molecular formula is C20H19ClN2O4S2. The molecule has 0 aliphatic heterocycles. The summed E-state index contributed by atoms with van der Waals surface area (Å²) in [5, 5.41) is 2.77. The number of ether oxygens (including phenoxy) is 1. The summed E-state index contributed by atoms with van der Waals surface area (Å²) in [4.78, 5) is 13.4. The minimum absolute atomic E-state index is 0.0302. The molecule has 1 heterocycles. The quantitative estimate of drug-likeness (QED) is 0.586. The van der Waals surface area contributed by atoms with Gasteiger partial charge in [-0.25, -0.2) is 8.42 Å². The van der Waals surface area contributed by atoms with Crippen molar-refractivity contribution in [1.29, 1.82) is 0 Å². The number of methoxy groups -OCH3 is 1. The van der Waals surface area contributed by atoms with Crippen molar-refractivity contribution in [3.8, 4) is 5.75 Å². The number of anilines is 1. The number of halogens is 1. The van der Waals surface area contributed by atoms with Crippen LogP contribution in [0.4, 0.5) is 5.69 Å². The van der Waals surface area contributed by atoms with E-state index in [4.69, 9.17) is 16.3 Å². The average molecular weight is 451 g/mol. The predicted molar refractivity (Wildman–Crippen MR) is 116 cm³/mol. The van der Waals surface area contributed by atoms with Gasteiger partial charge in [0.2, 0.25) is 0 Å². The Balaban J connectivity index is 1.78. The van der Waals surface area contributed by atoms with Crippen LogP contribution in [0.3, 0.4) is 0 Å². The van der Waals surface area contributed by atoms with Crippen LogP contribution in [0.2, 0.25) is 4.34 Å². The van der Waals surface area contributed by atoms with Gasteiger partial charge in [0.15, 0.2) is 0 Å². The summed E-state index contributed by atoms with van der Waals surface area (Å²) in [6, 6.07) is 16.2. The molecular weight excluding hydrogens is 432 g/mol. The standard InChI is InChI=1S/C20H19ClN2O4S2/c1-23(15-6-8-16(27-2)9-7-15)29(25,26)18-5-3-4-14(12-18)20(24)22-13-17-10-11-19(21)28-17/h3-12H,13H2,1-2H3,(H,22,24). The van der Waals surface area contributed by atoms with Gasteiger partial charge in [-0.3, -0.25) is 9.10 Å². The minimum Gasteiger partial charge on any atom is -0.497 e. The van der Waals surface area contributed by atoms with Crippen molar-refractivity contribution in [2.24, 2.45) is 0 Å². The molecule has 29 heavy (non-hydrogen) atoms. The van der Waals surface area contributed by atoms with Crippen molar-refractivity contribution in [1.82, 2.24) is 5.32 Å². The molecule has 0 bridgehead atoms. The zero-order valence-electron chi connectivity index (χ0n) is 15.8. The number of amides is 1. The van der Waals surface area contributed by atoms with E-state index in [1.165, 1.54) is 30.5 Å². The average Bonchev–Trinajstić information content (AvgIpc) is 3.16. The van der Waals surface area contributed by atoms with Crippen molar-refractivity contribution >= 4 is 44.6 Å². The van der Waals surface area contributed by atoms with E-state index in [0.717, 1.165) is 9.18 Å². The number of carbonyl (C=O) groups excluding carboxylic acids is 1. The smallest absolute Gasteiger partial charge is 0.264 e. The SMILES string of the molecule is COc1ccc(N(C)S(=O)(=O)c2cccc(C(=O)NCc3ccc(Cl)s3)c2)cc1. The molecule has 0 saturated carbocycles. The Labute approximate surface area is 178 Å². The molecule has 1 aromatic heterocycles. The highest BCUT2D eigenvalue weighted by molar-refractivity contribution is 7.92. The van der Waals surface area contributed by atoms with Crippen molar-refractivity contribution in [2.75, 3.05) is 18.5 Å². The lowest BCUT2D eigenvalue weighted by Crippen LogP contribution is -2.27. The number of hydrogen-bond donors (Lipinski definition) is 1. The van der Waals surface area contributed by atoms with Crippen molar-refractivity contribution < 1.29 is 17.9 Å². The van der Waals surface area contributed by atoms with Crippen LogP contribution in [0.25, 0.3) is 0 Å². The molecule has 3 aromatic rings. The molecule has 0 fully saturated rings. The van der Waals surface area contributed by atoms with Gasteiger partial charge in [0.1, 0.15) is 5.75 Å². The van der Waals surface area contributed by atoms with Crippen LogP contribution in [-0.4, -0.2) is 28.5 Å². The number of hydrogen-bond acceptors (Lipinski definition) is 5. The van der Waals surface area contributed by atoms with Crippen LogP contribution in [-0.2, 0) is 16.6 Å². The number of nitrogens with zero attached hydrogens (tertiary/aromatic N) is 1. The second-order valence-corrected chi connectivity index (χ2v) is 9.86. The summed E-state index contributed by atoms with van der Waals surface area (Å²) < 4.78 is 32.9. The second-order valence-electron chi connectivity index (χ2n) is 6.09. The third kappa shape index (κ3) is 4.90. The van der Waals surface area contributed by atoms with Crippen LogP contribution in [0, 0.1) is 0 Å². The van der Waals surface area contributed by atoms with E-state index in [-0.39, 0.29) is 16.4 Å². The third-order valence-electron chi connectivity index (χ3n) is 4.24. The lowest BCUT2D eigenvalue weighted by atomic mass is 10.2. The molecule has 6 nitrogen and oxygen atoms in total. The van der Waals surface area contributed by atoms with Crippen molar-refractivity contribution in [2.45, 2.75) is 11.4 Å². The summed E-state index contributed by atoms with van der Waals surface area (Å²) in [7, 11) is -0.831. The number of nitrogens with one attached hydrogen (secondary N) is 1. The van der Waals surface area contributed by atoms with Gasteiger partial charge in [-0.15, -0.1) is 11.3 Å². The first-order valence-electron chi connectivity index (χ1n) is 8.57. The van der Waals surface area contributed by atoms with E-state index >= 15 is 0 Å². The van der Waals surface area contributed by atoms with E-state index < -0.39 is 10.0 Å². The second kappa shape index (κ2) is 8.86. The molecule has 3 rings (SSSR count). The maximum atomic E-state index is 13.0. The Hall–Kier alpha value is -2.55. The van der Waals surface area contributed by atoms with Crippen LogP contribution in [0.1, 0.15) is 15.2 Å². The number of sulfonamides is 1. The largest absolute Gasteiger partial charge is 0.497 e. The molecule has 9 heteroatoms. The summed E-state index contributed by atoms with van der Waals surface area (Å²) in [6.45, 7) is 0.318. The Morgan fingerprint density at radius 1 is 1.14 bits per heavy atom. The van der Waals surface area contributed by atoms with Crippen LogP contribution in [0.5, 0.6) is 5.75 Å². The number of benzene rings is 2. The summed E-state index contributed by atoms with van der Waals surface area (Å²) in [5.41, 5.74) is 0.743. The van der Waals surface area contributed by atoms with Gasteiger partial charge in [-0.05, 0) is 54.6 Å². The summed E-state index contributed by atoms with van der Waals surface area (Å²) in [6.07, 6.45) is 0. The normalized spacial score (nSPS) is 11.1. The van der Waals surface area contributed by atoms with Gasteiger partial charge >= 0.3 is 0 Å². The molecule has 152 valence electrons. The van der Waals surface area contributed by atoms with E-state index in [2.05, 4.69) is 5.32 Å². The van der Waals surface area contributed by atoms with E-state index in [1.807, 2.05) is 6.07 Å². The fourth-order valence-electron chi connectivity index (χ4n) is 2.60. The first-order chi connectivity index (χ1) is 13.8. The molecule has 0 radical (unpaired) electrons. The Bertz CT molecular complexity index is 1110. The van der Waals surface area contributed by atoms with Crippen LogP contribution in [0.15, 0.2) is 65.6 Å². The highest BCUT2D eigenvalue weighted by Crippen LogP contribution is 2.25. The summed E-state index contributed by atoms with van der Waals surface area (Å²) in [5.74, 6) is 0.268. The minimum atomic E-state index is -3.83. The number of thiophene rings is 1. The van der Waals surface area contributed by atoms with Gasteiger partial charge in [-0.2, -0.15) is 0 Å². The highest BCUT2D eigenvalue weighted by Gasteiger charge is 2.22. The maximum Gasteiger partial charge on any atom is 0.264 e. The fourth-order valence-corrected chi connectivity index (χ4v) is 4.87. The molecule has 2 aromatic carbocycles. The third-order valence-corrected chi connectivity index (χ3v) is 7.26. The topological polar surface area (TPSA) is 75.7 Å². The van der Waals surface area contributed by atoms with Crippen LogP contribution >= 0.6 is 22.9 Å². The highest BCUT2D eigenvalue weighted by atomic mass is 35.5. The van der Waals surface area contributed by atoms with Crippen molar-refractivity contribution in [3.63, 3.8) is 0 Å². The number of carbonyl (C=O) groups is 1. The lowest BCUT2D eigenvalue weighted by molar-refractivity contribution is 0.0951. The Morgan fingerprint density at radius 2 is 1.86 bits per heavy atom. The number of rotatable bonds is 7. The molecule has 0 atom stereocenters. The van der Waals surface area contributed by atoms with Gasteiger partial charge in [0.25, 0.3) is 15.9 Å². The van der Waals surface area contributed by atoms with Gasteiger partial charge < -0.3 is 10.1 Å².